The third-order valence-corrected chi connectivity index (χ3v) is 7.10. The van der Waals surface area contributed by atoms with Crippen molar-refractivity contribution in [2.75, 3.05) is 6.61 Å². The van der Waals surface area contributed by atoms with Crippen LogP contribution in [-0.4, -0.2) is 120 Å². The van der Waals surface area contributed by atoms with Crippen molar-refractivity contribution >= 4 is 5.78 Å². The summed E-state index contributed by atoms with van der Waals surface area (Å²) in [5, 5.41) is 91.5. The largest absolute Gasteiger partial charge is 0.508 e. The molecule has 2 heterocycles. The molecule has 2 aliphatic rings. The number of benzene rings is 2. The average molecular weight is 583 g/mol. The molecular weight excluding hydrogens is 548 g/mol. The minimum Gasteiger partial charge on any atom is -0.508 e. The monoisotopic (exact) mass is 582 g/mol. The molecule has 14 heteroatoms. The summed E-state index contributed by atoms with van der Waals surface area (Å²) in [5.41, 5.74) is 0.385. The number of aliphatic hydroxyl groups is 6. The molecule has 226 valence electrons. The van der Waals surface area contributed by atoms with Crippen molar-refractivity contribution in [1.82, 2.24) is 0 Å². The first-order valence-corrected chi connectivity index (χ1v) is 12.9. The van der Waals surface area contributed by atoms with Crippen LogP contribution in [0, 0.1) is 0 Å². The van der Waals surface area contributed by atoms with Gasteiger partial charge >= 0.3 is 0 Å². The Balaban J connectivity index is 1.52. The van der Waals surface area contributed by atoms with Crippen LogP contribution >= 0.6 is 0 Å². The van der Waals surface area contributed by atoms with Gasteiger partial charge in [-0.15, -0.1) is 0 Å². The van der Waals surface area contributed by atoms with Gasteiger partial charge in [0.05, 0.1) is 12.7 Å². The molecule has 4 rings (SSSR count). The number of ether oxygens (including phenoxy) is 4. The number of hydrogen-bond acceptors (Lipinski definition) is 14. The molecular formula is C27H34O14. The van der Waals surface area contributed by atoms with Crippen LogP contribution in [0.4, 0.5) is 0 Å². The van der Waals surface area contributed by atoms with Gasteiger partial charge in [0.1, 0.15) is 65.2 Å². The van der Waals surface area contributed by atoms with Crippen molar-refractivity contribution in [3.63, 3.8) is 0 Å². The molecule has 9 N–H and O–H groups in total. The number of Topliss-reactive ketones (excluding diaryl/α,β-unsaturated/α-hetero) is 1. The lowest BCUT2D eigenvalue weighted by Crippen LogP contribution is -2.64. The fourth-order valence-electron chi connectivity index (χ4n) is 4.70. The van der Waals surface area contributed by atoms with Gasteiger partial charge in [-0.2, -0.15) is 0 Å². The van der Waals surface area contributed by atoms with E-state index in [0.29, 0.717) is 0 Å². The van der Waals surface area contributed by atoms with E-state index < -0.39 is 85.3 Å². The van der Waals surface area contributed by atoms with E-state index in [1.165, 1.54) is 19.1 Å². The molecule has 2 fully saturated rings. The lowest BCUT2D eigenvalue weighted by atomic mass is 9.97. The Bertz CT molecular complexity index is 1170. The van der Waals surface area contributed by atoms with E-state index in [9.17, 15) is 50.8 Å². The Hall–Kier alpha value is -3.05. The van der Waals surface area contributed by atoms with Crippen molar-refractivity contribution in [1.29, 1.82) is 0 Å². The van der Waals surface area contributed by atoms with Crippen LogP contribution in [0.1, 0.15) is 29.3 Å². The summed E-state index contributed by atoms with van der Waals surface area (Å²) in [7, 11) is 0. The van der Waals surface area contributed by atoms with E-state index in [1.807, 2.05) is 0 Å². The number of phenolic OH excluding ortho intramolecular Hbond substituents is 3. The first-order chi connectivity index (χ1) is 19.4. The van der Waals surface area contributed by atoms with Gasteiger partial charge in [-0.3, -0.25) is 4.79 Å². The predicted octanol–water partition coefficient (Wildman–Crippen LogP) is -1.35. The number of aryl methyl sites for hydroxylation is 1. The summed E-state index contributed by atoms with van der Waals surface area (Å²) in [6.45, 7) is 0.675. The average Bonchev–Trinajstić information content (AvgIpc) is 2.93. The van der Waals surface area contributed by atoms with E-state index in [2.05, 4.69) is 0 Å². The highest BCUT2D eigenvalue weighted by Gasteiger charge is 2.51. The number of aromatic hydroxyl groups is 3. The third kappa shape index (κ3) is 6.72. The zero-order valence-corrected chi connectivity index (χ0v) is 21.9. The standard InChI is InChI=1S/C27H34O14/c1-11-20(33)22(35)24(37)26(38-11)41-25-23(36)21(34)18(10-28)40-27(25)39-14-8-16(31)19(17(32)9-14)15(30)7-4-12-2-5-13(29)6-3-12/h2-3,5-6,8-9,11,18,20-29,31-37H,4,7,10H2,1H3/t11-,18-,20-,21-,22?,23+,24+,25-,26-,27-/m0/s1. The number of carbonyl (C=O) groups excluding carboxylic acids is 1. The quantitative estimate of drug-likeness (QED) is 0.156. The Morgan fingerprint density at radius 2 is 1.46 bits per heavy atom. The molecule has 10 atom stereocenters. The molecule has 14 nitrogen and oxygen atoms in total. The second-order valence-corrected chi connectivity index (χ2v) is 10.0. The Morgan fingerprint density at radius 1 is 0.829 bits per heavy atom. The number of aliphatic hydroxyl groups excluding tert-OH is 6. The summed E-state index contributed by atoms with van der Waals surface area (Å²) in [6.07, 6.45) is -15.3. The Labute approximate surface area is 234 Å². The molecule has 1 unspecified atom stereocenters. The van der Waals surface area contributed by atoms with Crippen LogP contribution in [0.15, 0.2) is 36.4 Å². The fraction of sp³-hybridized carbons (Fsp3) is 0.519. The van der Waals surface area contributed by atoms with Crippen molar-refractivity contribution in [2.45, 2.75) is 81.2 Å². The van der Waals surface area contributed by atoms with Crippen molar-refractivity contribution in [3.8, 4) is 23.0 Å². The predicted molar refractivity (Wildman–Crippen MR) is 136 cm³/mol. The maximum absolute atomic E-state index is 12.7. The minimum atomic E-state index is -1.77. The van der Waals surface area contributed by atoms with Gasteiger partial charge in [-0.05, 0) is 31.0 Å². The highest BCUT2D eigenvalue weighted by atomic mass is 16.8. The van der Waals surface area contributed by atoms with Crippen molar-refractivity contribution < 1.29 is 69.7 Å². The first-order valence-electron chi connectivity index (χ1n) is 12.9. The van der Waals surface area contributed by atoms with Gasteiger partial charge in [0, 0.05) is 18.6 Å². The summed E-state index contributed by atoms with van der Waals surface area (Å²) in [5.74, 6) is -2.00. The van der Waals surface area contributed by atoms with Gasteiger partial charge in [0.15, 0.2) is 18.2 Å². The van der Waals surface area contributed by atoms with Crippen molar-refractivity contribution in [2.24, 2.45) is 0 Å². The normalized spacial score (nSPS) is 33.8. The first kappa shape index (κ1) is 30.9. The lowest BCUT2D eigenvalue weighted by Gasteiger charge is -2.45. The van der Waals surface area contributed by atoms with E-state index in [-0.39, 0.29) is 29.9 Å². The van der Waals surface area contributed by atoms with Gasteiger partial charge < -0.3 is 64.9 Å². The maximum Gasteiger partial charge on any atom is 0.229 e. The number of phenols is 3. The van der Waals surface area contributed by atoms with Crippen LogP contribution in [0.25, 0.3) is 0 Å². The molecule has 41 heavy (non-hydrogen) atoms. The van der Waals surface area contributed by atoms with E-state index >= 15 is 0 Å². The fourth-order valence-corrected chi connectivity index (χ4v) is 4.70. The van der Waals surface area contributed by atoms with Gasteiger partial charge in [0.25, 0.3) is 0 Å². The molecule has 0 spiro atoms. The molecule has 0 amide bonds. The van der Waals surface area contributed by atoms with E-state index in [1.54, 1.807) is 12.1 Å². The number of hydrogen-bond donors (Lipinski definition) is 9. The maximum atomic E-state index is 12.7. The van der Waals surface area contributed by atoms with E-state index in [4.69, 9.17) is 18.9 Å². The molecule has 2 aromatic rings. The SMILES string of the molecule is C[C@@H]1O[C@@H](O[C@@H]2[C@@H](Oc3cc(O)c(C(=O)CCc4ccc(O)cc4)c(O)c3)O[C@@H](CO)[C@H](O)[C@H]2O)[C@H](O)C(O)[C@H]1O. The van der Waals surface area contributed by atoms with Gasteiger partial charge in [-0.1, -0.05) is 12.1 Å². The molecule has 2 aliphatic heterocycles. The van der Waals surface area contributed by atoms with Crippen LogP contribution in [-0.2, 0) is 20.6 Å². The van der Waals surface area contributed by atoms with Gasteiger partial charge in [-0.25, -0.2) is 0 Å². The second-order valence-electron chi connectivity index (χ2n) is 10.0. The molecule has 0 aliphatic carbocycles. The molecule has 0 radical (unpaired) electrons. The molecule has 0 bridgehead atoms. The highest BCUT2D eigenvalue weighted by Crippen LogP contribution is 2.36. The minimum absolute atomic E-state index is 0.0706. The Kier molecular flexibility index (Phi) is 9.69. The van der Waals surface area contributed by atoms with Crippen molar-refractivity contribution in [3.05, 3.63) is 47.5 Å². The molecule has 0 saturated carbocycles. The third-order valence-electron chi connectivity index (χ3n) is 7.10. The zero-order chi connectivity index (χ0) is 30.0. The Morgan fingerprint density at radius 3 is 2.07 bits per heavy atom. The van der Waals surface area contributed by atoms with Crippen LogP contribution in [0.5, 0.6) is 23.0 Å². The van der Waals surface area contributed by atoms with Gasteiger partial charge in [0.2, 0.25) is 6.29 Å². The zero-order valence-electron chi connectivity index (χ0n) is 21.9. The summed E-state index contributed by atoms with van der Waals surface area (Å²) < 4.78 is 22.2. The lowest BCUT2D eigenvalue weighted by molar-refractivity contribution is -0.354. The molecule has 0 aromatic heterocycles. The molecule has 2 saturated heterocycles. The summed E-state index contributed by atoms with van der Waals surface area (Å²) in [6, 6.07) is 8.22. The second kappa shape index (κ2) is 12.9. The smallest absolute Gasteiger partial charge is 0.229 e. The van der Waals surface area contributed by atoms with E-state index in [0.717, 1.165) is 17.7 Å². The van der Waals surface area contributed by atoms with Crippen LogP contribution in [0.3, 0.4) is 0 Å². The summed E-state index contributed by atoms with van der Waals surface area (Å²) in [4.78, 5) is 12.7. The number of ketones is 1. The van der Waals surface area contributed by atoms with Crippen LogP contribution in [0.2, 0.25) is 0 Å². The van der Waals surface area contributed by atoms with Crippen LogP contribution < -0.4 is 4.74 Å². The number of rotatable bonds is 9. The highest BCUT2D eigenvalue weighted by molar-refractivity contribution is 6.01. The molecule has 2 aromatic carbocycles. The topological polar surface area (TPSA) is 236 Å². The number of carbonyl (C=O) groups is 1. The summed E-state index contributed by atoms with van der Waals surface area (Å²) >= 11 is 0.